The van der Waals surface area contributed by atoms with Gasteiger partial charge in [-0.05, 0) is 31.0 Å². The summed E-state index contributed by atoms with van der Waals surface area (Å²) < 4.78 is 31.7. The minimum Gasteiger partial charge on any atom is -0.462 e. The summed E-state index contributed by atoms with van der Waals surface area (Å²) in [7, 11) is -3.88. The Balaban J connectivity index is 0.00000288. The van der Waals surface area contributed by atoms with Crippen LogP contribution in [0.25, 0.3) is 0 Å². The SMILES string of the molecule is CCOC(=O)c1cn[nH]c1S(=O)(=O)NCCc1ccc(N)cc1.Cl. The lowest BCUT2D eigenvalue weighted by Crippen LogP contribution is -2.28. The van der Waals surface area contributed by atoms with Crippen LogP contribution in [0.3, 0.4) is 0 Å². The molecule has 0 atom stereocenters. The van der Waals surface area contributed by atoms with Gasteiger partial charge in [-0.1, -0.05) is 12.1 Å². The Morgan fingerprint density at radius 3 is 2.62 bits per heavy atom. The fourth-order valence-electron chi connectivity index (χ4n) is 1.92. The molecule has 0 aliphatic heterocycles. The number of esters is 1. The zero-order valence-electron chi connectivity index (χ0n) is 13.0. The summed E-state index contributed by atoms with van der Waals surface area (Å²) in [5.41, 5.74) is 7.06. The van der Waals surface area contributed by atoms with Crippen molar-refractivity contribution in [2.45, 2.75) is 18.4 Å². The zero-order valence-corrected chi connectivity index (χ0v) is 14.6. The molecule has 0 spiro atoms. The van der Waals surface area contributed by atoms with Crippen LogP contribution in [0.5, 0.6) is 0 Å². The highest BCUT2D eigenvalue weighted by atomic mass is 35.5. The van der Waals surface area contributed by atoms with Gasteiger partial charge < -0.3 is 10.5 Å². The number of halogens is 1. The number of carbonyl (C=O) groups is 1. The molecule has 4 N–H and O–H groups in total. The summed E-state index contributed by atoms with van der Waals surface area (Å²) >= 11 is 0. The quantitative estimate of drug-likeness (QED) is 0.492. The molecule has 0 aliphatic rings. The largest absolute Gasteiger partial charge is 0.462 e. The first-order valence-corrected chi connectivity index (χ1v) is 8.47. The van der Waals surface area contributed by atoms with Gasteiger partial charge in [0, 0.05) is 12.2 Å². The number of hydrogen-bond acceptors (Lipinski definition) is 6. The van der Waals surface area contributed by atoms with Crippen LogP contribution in [0.15, 0.2) is 35.5 Å². The number of rotatable bonds is 7. The molecule has 1 heterocycles. The van der Waals surface area contributed by atoms with Crippen molar-refractivity contribution < 1.29 is 17.9 Å². The number of benzene rings is 1. The third-order valence-corrected chi connectivity index (χ3v) is 4.49. The lowest BCUT2D eigenvalue weighted by Gasteiger charge is -2.07. The lowest BCUT2D eigenvalue weighted by molar-refractivity contribution is 0.0522. The van der Waals surface area contributed by atoms with Crippen molar-refractivity contribution in [3.63, 3.8) is 0 Å². The van der Waals surface area contributed by atoms with E-state index in [4.69, 9.17) is 10.5 Å². The second kappa shape index (κ2) is 8.67. The molecule has 24 heavy (non-hydrogen) atoms. The van der Waals surface area contributed by atoms with Crippen molar-refractivity contribution in [1.29, 1.82) is 0 Å². The second-order valence-electron chi connectivity index (χ2n) is 4.72. The molecule has 0 saturated heterocycles. The molecule has 2 aromatic rings. The Labute approximate surface area is 146 Å². The highest BCUT2D eigenvalue weighted by Crippen LogP contribution is 2.13. The first kappa shape index (κ1) is 19.9. The van der Waals surface area contributed by atoms with E-state index in [9.17, 15) is 13.2 Å². The highest BCUT2D eigenvalue weighted by molar-refractivity contribution is 7.89. The second-order valence-corrected chi connectivity index (χ2v) is 6.43. The molecule has 10 heteroatoms. The molecule has 0 amide bonds. The maximum absolute atomic E-state index is 12.3. The fraction of sp³-hybridized carbons (Fsp3) is 0.286. The smallest absolute Gasteiger partial charge is 0.342 e. The average molecular weight is 375 g/mol. The predicted octanol–water partition coefficient (Wildman–Crippen LogP) is 1.11. The highest BCUT2D eigenvalue weighted by Gasteiger charge is 2.25. The van der Waals surface area contributed by atoms with Crippen LogP contribution in [-0.4, -0.2) is 37.7 Å². The van der Waals surface area contributed by atoms with E-state index in [2.05, 4.69) is 14.9 Å². The molecule has 0 saturated carbocycles. The summed E-state index contributed by atoms with van der Waals surface area (Å²) in [5.74, 6) is -0.736. The summed E-state index contributed by atoms with van der Waals surface area (Å²) in [6.07, 6.45) is 1.62. The van der Waals surface area contributed by atoms with Crippen molar-refractivity contribution in [3.05, 3.63) is 41.6 Å². The molecule has 1 aromatic heterocycles. The number of nitrogen functional groups attached to an aromatic ring is 1. The number of carbonyl (C=O) groups excluding carboxylic acids is 1. The minimum absolute atomic E-state index is 0. The maximum atomic E-state index is 12.3. The number of aromatic amines is 1. The Bertz CT molecular complexity index is 774. The predicted molar refractivity (Wildman–Crippen MR) is 91.5 cm³/mol. The topological polar surface area (TPSA) is 127 Å². The van der Waals surface area contributed by atoms with Gasteiger partial charge in [0.05, 0.1) is 12.8 Å². The third-order valence-electron chi connectivity index (χ3n) is 3.05. The van der Waals surface area contributed by atoms with E-state index < -0.39 is 16.0 Å². The van der Waals surface area contributed by atoms with Gasteiger partial charge in [-0.15, -0.1) is 12.4 Å². The average Bonchev–Trinajstić information content (AvgIpc) is 3.00. The molecular weight excluding hydrogens is 356 g/mol. The lowest BCUT2D eigenvalue weighted by atomic mass is 10.1. The van der Waals surface area contributed by atoms with Gasteiger partial charge in [0.1, 0.15) is 5.56 Å². The number of nitrogens with zero attached hydrogens (tertiary/aromatic N) is 1. The van der Waals surface area contributed by atoms with Crippen LogP contribution >= 0.6 is 12.4 Å². The minimum atomic E-state index is -3.88. The van der Waals surface area contributed by atoms with Crippen molar-refractivity contribution in [1.82, 2.24) is 14.9 Å². The van der Waals surface area contributed by atoms with Crippen molar-refractivity contribution in [2.75, 3.05) is 18.9 Å². The number of nitrogens with two attached hydrogens (primary N) is 1. The molecule has 8 nitrogen and oxygen atoms in total. The van der Waals surface area contributed by atoms with Gasteiger partial charge in [0.15, 0.2) is 5.03 Å². The van der Waals surface area contributed by atoms with Gasteiger partial charge in [0.25, 0.3) is 10.0 Å². The van der Waals surface area contributed by atoms with E-state index in [1.807, 2.05) is 12.1 Å². The number of aromatic nitrogens is 2. The monoisotopic (exact) mass is 374 g/mol. The molecule has 132 valence electrons. The number of sulfonamides is 1. The van der Waals surface area contributed by atoms with Crippen LogP contribution in [0.4, 0.5) is 5.69 Å². The molecule has 0 unspecified atom stereocenters. The van der Waals surface area contributed by atoms with E-state index in [0.717, 1.165) is 11.8 Å². The van der Waals surface area contributed by atoms with Gasteiger partial charge >= 0.3 is 5.97 Å². The number of H-pyrrole nitrogens is 1. The summed E-state index contributed by atoms with van der Waals surface area (Å²) in [6, 6.07) is 7.14. The summed E-state index contributed by atoms with van der Waals surface area (Å²) in [5, 5.41) is 5.63. The van der Waals surface area contributed by atoms with E-state index in [1.165, 1.54) is 0 Å². The van der Waals surface area contributed by atoms with Gasteiger partial charge in [-0.25, -0.2) is 17.9 Å². The standard InChI is InChI=1S/C14H18N4O4S.ClH/c1-2-22-14(19)12-9-16-18-13(12)23(20,21)17-8-7-10-3-5-11(15)6-4-10;/h3-6,9,17H,2,7-8,15H2,1H3,(H,16,18);1H. The number of nitrogens with one attached hydrogen (secondary N) is 2. The molecule has 1 aromatic carbocycles. The fourth-order valence-corrected chi connectivity index (χ4v) is 3.03. The van der Waals surface area contributed by atoms with Gasteiger partial charge in [0.2, 0.25) is 0 Å². The third kappa shape index (κ3) is 4.95. The Morgan fingerprint density at radius 1 is 1.33 bits per heavy atom. The van der Waals surface area contributed by atoms with Crippen LogP contribution in [0.1, 0.15) is 22.8 Å². The summed E-state index contributed by atoms with van der Waals surface area (Å²) in [6.45, 7) is 1.96. The maximum Gasteiger partial charge on any atom is 0.342 e. The number of anilines is 1. The Kier molecular flexibility index (Phi) is 7.20. The molecule has 2 rings (SSSR count). The van der Waals surface area contributed by atoms with Gasteiger partial charge in [-0.2, -0.15) is 5.10 Å². The normalized spacial score (nSPS) is 10.9. The van der Waals surface area contributed by atoms with Crippen molar-refractivity contribution >= 4 is 34.1 Å². The van der Waals surface area contributed by atoms with E-state index >= 15 is 0 Å². The van der Waals surface area contributed by atoms with Crippen LogP contribution < -0.4 is 10.5 Å². The van der Waals surface area contributed by atoms with E-state index in [1.54, 1.807) is 19.1 Å². The molecule has 0 bridgehead atoms. The summed E-state index contributed by atoms with van der Waals surface area (Å²) in [4.78, 5) is 11.7. The van der Waals surface area contributed by atoms with Crippen molar-refractivity contribution in [3.8, 4) is 0 Å². The number of ether oxygens (including phenoxy) is 1. The Morgan fingerprint density at radius 2 is 2.00 bits per heavy atom. The Hall–Kier alpha value is -2.10. The van der Waals surface area contributed by atoms with Crippen LogP contribution in [0, 0.1) is 0 Å². The van der Waals surface area contributed by atoms with E-state index in [0.29, 0.717) is 12.1 Å². The molecule has 0 aliphatic carbocycles. The van der Waals surface area contributed by atoms with E-state index in [-0.39, 0.29) is 36.1 Å². The first-order chi connectivity index (χ1) is 10.9. The first-order valence-electron chi connectivity index (χ1n) is 6.98. The molecule has 0 fully saturated rings. The van der Waals surface area contributed by atoms with Crippen LogP contribution in [0.2, 0.25) is 0 Å². The molecule has 0 radical (unpaired) electrons. The zero-order chi connectivity index (χ0) is 16.9. The van der Waals surface area contributed by atoms with Crippen molar-refractivity contribution in [2.24, 2.45) is 0 Å². The van der Waals surface area contributed by atoms with Crippen LogP contribution in [-0.2, 0) is 21.2 Å². The number of hydrogen-bond donors (Lipinski definition) is 3. The van der Waals surface area contributed by atoms with Gasteiger partial charge in [-0.3, -0.25) is 5.10 Å². The molecular formula is C14H19ClN4O4S.